The fourth-order valence-corrected chi connectivity index (χ4v) is 1.47. The SMILES string of the molecule is COc1cc(N2CC(=O)NC2=O)ccc1F. The van der Waals surface area contributed by atoms with Gasteiger partial charge >= 0.3 is 6.03 Å². The first-order valence-electron chi connectivity index (χ1n) is 4.56. The van der Waals surface area contributed by atoms with E-state index in [1.54, 1.807) is 0 Å². The minimum absolute atomic E-state index is 0.0321. The first-order valence-corrected chi connectivity index (χ1v) is 4.56. The number of urea groups is 1. The third-order valence-corrected chi connectivity index (χ3v) is 2.24. The second kappa shape index (κ2) is 3.80. The number of anilines is 1. The molecule has 1 aromatic rings. The van der Waals surface area contributed by atoms with Gasteiger partial charge in [-0.1, -0.05) is 0 Å². The molecule has 0 unspecified atom stereocenters. The van der Waals surface area contributed by atoms with Crippen LogP contribution < -0.4 is 15.0 Å². The van der Waals surface area contributed by atoms with Gasteiger partial charge in [-0.15, -0.1) is 0 Å². The van der Waals surface area contributed by atoms with Gasteiger partial charge in [0, 0.05) is 11.8 Å². The normalized spacial score (nSPS) is 15.2. The van der Waals surface area contributed by atoms with Crippen molar-refractivity contribution >= 4 is 17.6 Å². The summed E-state index contributed by atoms with van der Waals surface area (Å²) in [5.41, 5.74) is 0.418. The molecule has 2 rings (SSSR count). The van der Waals surface area contributed by atoms with Crippen LogP contribution in [0.15, 0.2) is 18.2 Å². The molecule has 1 aliphatic rings. The van der Waals surface area contributed by atoms with Crippen molar-refractivity contribution < 1.29 is 18.7 Å². The summed E-state index contributed by atoms with van der Waals surface area (Å²) in [5.74, 6) is -0.866. The van der Waals surface area contributed by atoms with E-state index in [2.05, 4.69) is 5.32 Å². The number of carbonyl (C=O) groups excluding carboxylic acids is 2. The van der Waals surface area contributed by atoms with Crippen molar-refractivity contribution in [1.29, 1.82) is 0 Å². The lowest BCUT2D eigenvalue weighted by Crippen LogP contribution is -2.27. The van der Waals surface area contributed by atoms with Crippen molar-refractivity contribution in [2.24, 2.45) is 0 Å². The Hall–Kier alpha value is -2.11. The lowest BCUT2D eigenvalue weighted by molar-refractivity contribution is -0.117. The van der Waals surface area contributed by atoms with Gasteiger partial charge in [0.1, 0.15) is 6.54 Å². The van der Waals surface area contributed by atoms with Crippen LogP contribution in [-0.4, -0.2) is 25.6 Å². The first-order chi connectivity index (χ1) is 7.61. The zero-order chi connectivity index (χ0) is 11.7. The lowest BCUT2D eigenvalue weighted by atomic mass is 10.2. The molecule has 6 heteroatoms. The smallest absolute Gasteiger partial charge is 0.329 e. The number of halogens is 1. The number of benzene rings is 1. The maximum atomic E-state index is 13.1. The van der Waals surface area contributed by atoms with Crippen molar-refractivity contribution in [3.05, 3.63) is 24.0 Å². The van der Waals surface area contributed by atoms with Crippen molar-refractivity contribution in [1.82, 2.24) is 5.32 Å². The van der Waals surface area contributed by atoms with Gasteiger partial charge < -0.3 is 4.74 Å². The molecule has 1 aliphatic heterocycles. The molecule has 84 valence electrons. The molecule has 0 bridgehead atoms. The number of methoxy groups -OCH3 is 1. The Balaban J connectivity index is 2.34. The minimum atomic E-state index is -0.516. The monoisotopic (exact) mass is 224 g/mol. The quantitative estimate of drug-likeness (QED) is 0.759. The van der Waals surface area contributed by atoms with Gasteiger partial charge in [0.15, 0.2) is 11.6 Å². The van der Waals surface area contributed by atoms with E-state index in [0.29, 0.717) is 5.69 Å². The number of carbonyl (C=O) groups is 2. The standard InChI is InChI=1S/C10H9FN2O3/c1-16-8-4-6(2-3-7(8)11)13-5-9(14)12-10(13)15/h2-4H,5H2,1H3,(H,12,14,15). The van der Waals surface area contributed by atoms with Crippen LogP contribution in [0.1, 0.15) is 0 Å². The maximum Gasteiger partial charge on any atom is 0.329 e. The molecule has 0 aliphatic carbocycles. The average Bonchev–Trinajstić information content (AvgIpc) is 2.59. The predicted octanol–water partition coefficient (Wildman–Crippen LogP) is 0.891. The van der Waals surface area contributed by atoms with Gasteiger partial charge in [-0.2, -0.15) is 0 Å². The van der Waals surface area contributed by atoms with Crippen molar-refractivity contribution in [3.8, 4) is 5.75 Å². The summed E-state index contributed by atoms with van der Waals surface area (Å²) in [6, 6.07) is 3.45. The van der Waals surface area contributed by atoms with Gasteiger partial charge in [-0.3, -0.25) is 15.0 Å². The Morgan fingerprint density at radius 1 is 1.44 bits per heavy atom. The number of hydrogen-bond donors (Lipinski definition) is 1. The van der Waals surface area contributed by atoms with E-state index >= 15 is 0 Å². The molecule has 3 amide bonds. The summed E-state index contributed by atoms with van der Waals surface area (Å²) in [7, 11) is 1.33. The molecule has 1 heterocycles. The summed E-state index contributed by atoms with van der Waals surface area (Å²) >= 11 is 0. The third kappa shape index (κ3) is 1.69. The van der Waals surface area contributed by atoms with E-state index in [0.717, 1.165) is 0 Å². The zero-order valence-corrected chi connectivity index (χ0v) is 8.49. The number of rotatable bonds is 2. The lowest BCUT2D eigenvalue weighted by Gasteiger charge is -2.14. The second-order valence-corrected chi connectivity index (χ2v) is 3.26. The Labute approximate surface area is 90.8 Å². The van der Waals surface area contributed by atoms with Gasteiger partial charge in [-0.25, -0.2) is 9.18 Å². The highest BCUT2D eigenvalue weighted by molar-refractivity contribution is 6.12. The van der Waals surface area contributed by atoms with E-state index in [4.69, 9.17) is 4.74 Å². The number of nitrogens with one attached hydrogen (secondary N) is 1. The van der Waals surface area contributed by atoms with Gasteiger partial charge in [0.2, 0.25) is 5.91 Å². The van der Waals surface area contributed by atoms with E-state index in [9.17, 15) is 14.0 Å². The Morgan fingerprint density at radius 3 is 2.75 bits per heavy atom. The summed E-state index contributed by atoms with van der Waals surface area (Å²) in [6.07, 6.45) is 0. The molecule has 1 saturated heterocycles. The van der Waals surface area contributed by atoms with E-state index < -0.39 is 11.8 Å². The number of ether oxygens (including phenoxy) is 1. The van der Waals surface area contributed by atoms with Gasteiger partial charge in [-0.05, 0) is 12.1 Å². The van der Waals surface area contributed by atoms with Crippen LogP contribution in [0, 0.1) is 5.82 Å². The molecule has 1 aromatic carbocycles. The van der Waals surface area contributed by atoms with Crippen molar-refractivity contribution in [2.75, 3.05) is 18.6 Å². The van der Waals surface area contributed by atoms with E-state index in [1.807, 2.05) is 0 Å². The fraction of sp³-hybridized carbons (Fsp3) is 0.200. The van der Waals surface area contributed by atoms with Crippen molar-refractivity contribution in [3.63, 3.8) is 0 Å². The minimum Gasteiger partial charge on any atom is -0.494 e. The predicted molar refractivity (Wildman–Crippen MR) is 53.8 cm³/mol. The van der Waals surface area contributed by atoms with Crippen LogP contribution in [0.4, 0.5) is 14.9 Å². The highest BCUT2D eigenvalue weighted by Gasteiger charge is 2.28. The maximum absolute atomic E-state index is 13.1. The number of imide groups is 1. The Kier molecular flexibility index (Phi) is 2.47. The molecule has 0 aromatic heterocycles. The third-order valence-electron chi connectivity index (χ3n) is 2.24. The summed E-state index contributed by atoms with van der Waals surface area (Å²) < 4.78 is 17.9. The molecule has 5 nitrogen and oxygen atoms in total. The molecular weight excluding hydrogens is 215 g/mol. The molecule has 1 N–H and O–H groups in total. The van der Waals surface area contributed by atoms with Gasteiger partial charge in [0.25, 0.3) is 0 Å². The number of nitrogens with zero attached hydrogens (tertiary/aromatic N) is 1. The van der Waals surface area contributed by atoms with Crippen LogP contribution in [0.3, 0.4) is 0 Å². The van der Waals surface area contributed by atoms with Crippen LogP contribution in [0.2, 0.25) is 0 Å². The molecular formula is C10H9FN2O3. The topological polar surface area (TPSA) is 58.6 Å². The van der Waals surface area contributed by atoms with E-state index in [-0.39, 0.29) is 18.2 Å². The van der Waals surface area contributed by atoms with Crippen LogP contribution in [-0.2, 0) is 4.79 Å². The summed E-state index contributed by atoms with van der Waals surface area (Å²) in [4.78, 5) is 23.5. The summed E-state index contributed by atoms with van der Waals surface area (Å²) in [6.45, 7) is -0.0619. The zero-order valence-electron chi connectivity index (χ0n) is 8.49. The van der Waals surface area contributed by atoms with Crippen LogP contribution >= 0.6 is 0 Å². The number of amides is 3. The largest absolute Gasteiger partial charge is 0.494 e. The van der Waals surface area contributed by atoms with Crippen LogP contribution in [0.25, 0.3) is 0 Å². The van der Waals surface area contributed by atoms with E-state index in [1.165, 1.54) is 30.2 Å². The molecule has 16 heavy (non-hydrogen) atoms. The molecule has 0 spiro atoms. The molecule has 1 fully saturated rings. The molecule has 0 radical (unpaired) electrons. The molecule has 0 atom stereocenters. The molecule has 0 saturated carbocycles. The summed E-state index contributed by atoms with van der Waals surface area (Å²) in [5, 5.41) is 2.13. The van der Waals surface area contributed by atoms with Crippen molar-refractivity contribution in [2.45, 2.75) is 0 Å². The van der Waals surface area contributed by atoms with Gasteiger partial charge in [0.05, 0.1) is 7.11 Å². The Bertz CT molecular complexity index is 461. The highest BCUT2D eigenvalue weighted by Crippen LogP contribution is 2.25. The fourth-order valence-electron chi connectivity index (χ4n) is 1.47. The number of hydrogen-bond acceptors (Lipinski definition) is 3. The first kappa shape index (κ1) is 10.4. The second-order valence-electron chi connectivity index (χ2n) is 3.26. The highest BCUT2D eigenvalue weighted by atomic mass is 19.1. The van der Waals surface area contributed by atoms with Crippen LogP contribution in [0.5, 0.6) is 5.75 Å². The Morgan fingerprint density at radius 2 is 2.19 bits per heavy atom. The average molecular weight is 224 g/mol.